The molecule has 0 fully saturated rings. The summed E-state index contributed by atoms with van der Waals surface area (Å²) in [6, 6.07) is 13.7. The lowest BCUT2D eigenvalue weighted by molar-refractivity contribution is 0.0946. The first-order chi connectivity index (χ1) is 12.6. The normalized spacial score (nSPS) is 10.3. The molecule has 2 amide bonds. The third kappa shape index (κ3) is 4.70. The molecule has 0 aliphatic rings. The van der Waals surface area contributed by atoms with Crippen LogP contribution in [0.1, 0.15) is 32.2 Å². The molecule has 26 heavy (non-hydrogen) atoms. The van der Waals surface area contributed by atoms with Gasteiger partial charge < -0.3 is 15.1 Å². The predicted octanol–water partition coefficient (Wildman–Crippen LogP) is 3.19. The average molecular weight is 370 g/mol. The molecular weight excluding hydrogens is 354 g/mol. The standard InChI is InChI=1S/C19H16ClN3O3/c20-15-5-3-13(4-6-15)11-22-19(25)17-10-14(7-8-21-17)18(24)23-12-16-2-1-9-26-16/h1-10H,11-12H2,(H,22,25)(H,23,24). The van der Waals surface area contributed by atoms with Crippen LogP contribution in [0.4, 0.5) is 0 Å². The van der Waals surface area contributed by atoms with Gasteiger partial charge in [0.05, 0.1) is 12.8 Å². The Kier molecular flexibility index (Phi) is 5.66. The fourth-order valence-corrected chi connectivity index (χ4v) is 2.38. The Balaban J connectivity index is 1.59. The van der Waals surface area contributed by atoms with Gasteiger partial charge in [-0.3, -0.25) is 14.6 Å². The highest BCUT2D eigenvalue weighted by atomic mass is 35.5. The minimum Gasteiger partial charge on any atom is -0.467 e. The molecular formula is C19H16ClN3O3. The number of pyridine rings is 1. The summed E-state index contributed by atoms with van der Waals surface area (Å²) >= 11 is 5.83. The molecule has 1 aromatic carbocycles. The van der Waals surface area contributed by atoms with Gasteiger partial charge >= 0.3 is 0 Å². The molecule has 0 aliphatic carbocycles. The number of carbonyl (C=O) groups excluding carboxylic acids is 2. The van der Waals surface area contributed by atoms with E-state index in [1.165, 1.54) is 18.5 Å². The molecule has 132 valence electrons. The van der Waals surface area contributed by atoms with Crippen LogP contribution in [0.15, 0.2) is 65.4 Å². The molecule has 0 unspecified atom stereocenters. The summed E-state index contributed by atoms with van der Waals surface area (Å²) < 4.78 is 5.16. The number of rotatable bonds is 6. The Morgan fingerprint density at radius 3 is 2.50 bits per heavy atom. The van der Waals surface area contributed by atoms with E-state index in [0.29, 0.717) is 22.9 Å². The van der Waals surface area contributed by atoms with E-state index in [-0.39, 0.29) is 24.1 Å². The summed E-state index contributed by atoms with van der Waals surface area (Å²) in [5, 5.41) is 6.12. The number of furan rings is 1. The van der Waals surface area contributed by atoms with E-state index in [9.17, 15) is 9.59 Å². The monoisotopic (exact) mass is 369 g/mol. The van der Waals surface area contributed by atoms with E-state index in [1.807, 2.05) is 12.1 Å². The van der Waals surface area contributed by atoms with Gasteiger partial charge in [0.1, 0.15) is 11.5 Å². The van der Waals surface area contributed by atoms with Crippen LogP contribution in [0.2, 0.25) is 5.02 Å². The van der Waals surface area contributed by atoms with Crippen molar-refractivity contribution in [3.8, 4) is 0 Å². The molecule has 0 saturated heterocycles. The summed E-state index contributed by atoms with van der Waals surface area (Å²) in [5.41, 5.74) is 1.43. The van der Waals surface area contributed by atoms with E-state index in [4.69, 9.17) is 16.0 Å². The zero-order chi connectivity index (χ0) is 18.4. The second kappa shape index (κ2) is 8.31. The maximum atomic E-state index is 12.3. The Labute approximate surface area is 155 Å². The number of benzene rings is 1. The lowest BCUT2D eigenvalue weighted by Gasteiger charge is -2.07. The second-order valence-corrected chi connectivity index (χ2v) is 5.94. The Morgan fingerprint density at radius 2 is 1.77 bits per heavy atom. The van der Waals surface area contributed by atoms with E-state index >= 15 is 0 Å². The SMILES string of the molecule is O=C(NCc1ccco1)c1ccnc(C(=O)NCc2ccc(Cl)cc2)c1. The van der Waals surface area contributed by atoms with Crippen molar-refractivity contribution < 1.29 is 14.0 Å². The number of aromatic nitrogens is 1. The van der Waals surface area contributed by atoms with Gasteiger partial charge in [-0.25, -0.2) is 0 Å². The summed E-state index contributed by atoms with van der Waals surface area (Å²) in [5.74, 6) is -0.0236. The second-order valence-electron chi connectivity index (χ2n) is 5.50. The van der Waals surface area contributed by atoms with Crippen molar-refractivity contribution in [3.05, 3.63) is 88.6 Å². The van der Waals surface area contributed by atoms with Crippen molar-refractivity contribution in [1.82, 2.24) is 15.6 Å². The Morgan fingerprint density at radius 1 is 1.00 bits per heavy atom. The molecule has 2 aromatic heterocycles. The van der Waals surface area contributed by atoms with Crippen molar-refractivity contribution >= 4 is 23.4 Å². The molecule has 0 spiro atoms. The zero-order valence-corrected chi connectivity index (χ0v) is 14.5. The quantitative estimate of drug-likeness (QED) is 0.698. The van der Waals surface area contributed by atoms with Crippen LogP contribution in [0.25, 0.3) is 0 Å². The van der Waals surface area contributed by atoms with Crippen LogP contribution in [-0.4, -0.2) is 16.8 Å². The lowest BCUT2D eigenvalue weighted by atomic mass is 10.2. The van der Waals surface area contributed by atoms with Gasteiger partial charge in [-0.15, -0.1) is 0 Å². The first kappa shape index (κ1) is 17.7. The molecule has 0 atom stereocenters. The molecule has 2 N–H and O–H groups in total. The van der Waals surface area contributed by atoms with E-state index < -0.39 is 0 Å². The van der Waals surface area contributed by atoms with Crippen molar-refractivity contribution in [3.63, 3.8) is 0 Å². The summed E-state index contributed by atoms with van der Waals surface area (Å²) in [6.07, 6.45) is 2.97. The van der Waals surface area contributed by atoms with Crippen molar-refractivity contribution in [2.75, 3.05) is 0 Å². The van der Waals surface area contributed by atoms with E-state index in [1.54, 1.807) is 30.3 Å². The Hall–Kier alpha value is -3.12. The third-order valence-corrected chi connectivity index (χ3v) is 3.88. The largest absolute Gasteiger partial charge is 0.467 e. The third-order valence-electron chi connectivity index (χ3n) is 3.62. The maximum Gasteiger partial charge on any atom is 0.270 e. The molecule has 7 heteroatoms. The number of amides is 2. The topological polar surface area (TPSA) is 84.2 Å². The van der Waals surface area contributed by atoms with Crippen molar-refractivity contribution in [2.45, 2.75) is 13.1 Å². The predicted molar refractivity (Wildman–Crippen MR) is 96.7 cm³/mol. The first-order valence-corrected chi connectivity index (χ1v) is 8.29. The molecule has 3 aromatic rings. The van der Waals surface area contributed by atoms with Gasteiger partial charge in [0.15, 0.2) is 0 Å². The minimum absolute atomic E-state index is 0.171. The molecule has 3 rings (SSSR count). The number of hydrogen-bond donors (Lipinski definition) is 2. The van der Waals surface area contributed by atoms with Crippen LogP contribution in [-0.2, 0) is 13.1 Å². The maximum absolute atomic E-state index is 12.3. The number of hydrogen-bond acceptors (Lipinski definition) is 4. The van der Waals surface area contributed by atoms with Crippen LogP contribution in [0.5, 0.6) is 0 Å². The van der Waals surface area contributed by atoms with E-state index in [0.717, 1.165) is 5.56 Å². The smallest absolute Gasteiger partial charge is 0.270 e. The van der Waals surface area contributed by atoms with Crippen LogP contribution in [0.3, 0.4) is 0 Å². The number of carbonyl (C=O) groups is 2. The Bertz CT molecular complexity index is 893. The number of nitrogens with one attached hydrogen (secondary N) is 2. The summed E-state index contributed by atoms with van der Waals surface area (Å²) in [7, 11) is 0. The van der Waals surface area contributed by atoms with Crippen molar-refractivity contribution in [2.24, 2.45) is 0 Å². The lowest BCUT2D eigenvalue weighted by Crippen LogP contribution is -2.26. The molecule has 6 nitrogen and oxygen atoms in total. The minimum atomic E-state index is -0.361. The van der Waals surface area contributed by atoms with Gasteiger partial charge in [-0.2, -0.15) is 0 Å². The van der Waals surface area contributed by atoms with Gasteiger partial charge in [-0.1, -0.05) is 23.7 Å². The highest BCUT2D eigenvalue weighted by molar-refractivity contribution is 6.30. The molecule has 0 aliphatic heterocycles. The van der Waals surface area contributed by atoms with Gasteiger partial charge in [0.2, 0.25) is 0 Å². The number of nitrogens with zero attached hydrogens (tertiary/aromatic N) is 1. The highest BCUT2D eigenvalue weighted by Crippen LogP contribution is 2.10. The molecule has 0 bridgehead atoms. The molecule has 0 radical (unpaired) electrons. The van der Waals surface area contributed by atoms with E-state index in [2.05, 4.69) is 15.6 Å². The summed E-state index contributed by atoms with van der Waals surface area (Å²) in [6.45, 7) is 0.610. The van der Waals surface area contributed by atoms with Crippen LogP contribution >= 0.6 is 11.6 Å². The first-order valence-electron chi connectivity index (χ1n) is 7.91. The van der Waals surface area contributed by atoms with Gasteiger partial charge in [-0.05, 0) is 42.0 Å². The fraction of sp³-hybridized carbons (Fsp3) is 0.105. The summed E-state index contributed by atoms with van der Waals surface area (Å²) in [4.78, 5) is 28.5. The molecule has 2 heterocycles. The van der Waals surface area contributed by atoms with Crippen molar-refractivity contribution in [1.29, 1.82) is 0 Å². The molecule has 0 saturated carbocycles. The van der Waals surface area contributed by atoms with Crippen LogP contribution < -0.4 is 10.6 Å². The van der Waals surface area contributed by atoms with Gasteiger partial charge in [0.25, 0.3) is 11.8 Å². The number of halogens is 1. The average Bonchev–Trinajstić information content (AvgIpc) is 3.19. The highest BCUT2D eigenvalue weighted by Gasteiger charge is 2.12. The van der Waals surface area contributed by atoms with Gasteiger partial charge in [0, 0.05) is 23.3 Å². The van der Waals surface area contributed by atoms with Crippen LogP contribution in [0, 0.1) is 0 Å². The fourth-order valence-electron chi connectivity index (χ4n) is 2.25. The zero-order valence-electron chi connectivity index (χ0n) is 13.7.